The lowest BCUT2D eigenvalue weighted by Gasteiger charge is -2.15. The van der Waals surface area contributed by atoms with Crippen molar-refractivity contribution in [3.05, 3.63) is 39.8 Å². The molecule has 0 radical (unpaired) electrons. The lowest BCUT2D eigenvalue weighted by Crippen LogP contribution is -2.15. The van der Waals surface area contributed by atoms with E-state index in [4.69, 9.17) is 28.4 Å². The van der Waals surface area contributed by atoms with Gasteiger partial charge in [-0.25, -0.2) is 14.6 Å². The molecule has 0 spiro atoms. The van der Waals surface area contributed by atoms with Gasteiger partial charge in [-0.2, -0.15) is 0 Å². The highest BCUT2D eigenvalue weighted by molar-refractivity contribution is 7.18. The van der Waals surface area contributed by atoms with Crippen LogP contribution in [0.5, 0.6) is 11.5 Å². The molecule has 10 heteroatoms. The van der Waals surface area contributed by atoms with E-state index < -0.39 is 11.9 Å². The summed E-state index contributed by atoms with van der Waals surface area (Å²) in [6, 6.07) is 5.41. The van der Waals surface area contributed by atoms with Crippen LogP contribution in [-0.2, 0) is 18.9 Å². The standard InChI is InChI=1S/C24H29NO8S/c1-4-30-23(26)20-16(3)21(24(27)31-5-2)34-22(20)25-15-17-6-7-18-19(14-17)33-13-11-29-9-8-28-10-12-32-18/h6-7,14-15H,4-5,8-13H2,1-3H3. The van der Waals surface area contributed by atoms with E-state index in [-0.39, 0.29) is 18.8 Å². The molecule has 0 saturated carbocycles. The van der Waals surface area contributed by atoms with Crippen LogP contribution in [0.2, 0.25) is 0 Å². The smallest absolute Gasteiger partial charge is 0.348 e. The van der Waals surface area contributed by atoms with Gasteiger partial charge in [-0.05, 0) is 50.1 Å². The van der Waals surface area contributed by atoms with E-state index >= 15 is 0 Å². The number of fused-ring (bicyclic) bond motifs is 1. The van der Waals surface area contributed by atoms with Crippen LogP contribution in [0, 0.1) is 6.92 Å². The molecule has 0 amide bonds. The molecule has 0 aliphatic carbocycles. The fourth-order valence-electron chi connectivity index (χ4n) is 3.14. The maximum Gasteiger partial charge on any atom is 0.348 e. The van der Waals surface area contributed by atoms with Gasteiger partial charge in [-0.3, -0.25) is 0 Å². The van der Waals surface area contributed by atoms with Gasteiger partial charge in [0.25, 0.3) is 0 Å². The molecule has 1 aromatic heterocycles. The first-order chi connectivity index (χ1) is 16.5. The highest BCUT2D eigenvalue weighted by atomic mass is 32.1. The normalized spacial score (nSPS) is 14.8. The van der Waals surface area contributed by atoms with Crippen LogP contribution < -0.4 is 9.47 Å². The van der Waals surface area contributed by atoms with Gasteiger partial charge in [-0.1, -0.05) is 0 Å². The van der Waals surface area contributed by atoms with E-state index in [1.54, 1.807) is 39.1 Å². The minimum absolute atomic E-state index is 0.211. The molecule has 1 aliphatic rings. The van der Waals surface area contributed by atoms with Crippen LogP contribution >= 0.6 is 11.3 Å². The van der Waals surface area contributed by atoms with E-state index in [1.807, 2.05) is 6.07 Å². The van der Waals surface area contributed by atoms with Crippen molar-refractivity contribution in [3.63, 3.8) is 0 Å². The van der Waals surface area contributed by atoms with Crippen LogP contribution in [0.25, 0.3) is 0 Å². The molecule has 0 N–H and O–H groups in total. The maximum atomic E-state index is 12.6. The fraction of sp³-hybridized carbons (Fsp3) is 0.458. The Morgan fingerprint density at radius 3 is 2.24 bits per heavy atom. The zero-order chi connectivity index (χ0) is 24.3. The van der Waals surface area contributed by atoms with Crippen molar-refractivity contribution in [1.82, 2.24) is 0 Å². The highest BCUT2D eigenvalue weighted by Crippen LogP contribution is 2.37. The minimum atomic E-state index is -0.532. The van der Waals surface area contributed by atoms with E-state index in [1.165, 1.54) is 0 Å². The second-order valence-electron chi connectivity index (χ2n) is 7.06. The maximum absolute atomic E-state index is 12.6. The predicted molar refractivity (Wildman–Crippen MR) is 127 cm³/mol. The quantitative estimate of drug-likeness (QED) is 0.442. The molecule has 34 heavy (non-hydrogen) atoms. The van der Waals surface area contributed by atoms with E-state index in [9.17, 15) is 9.59 Å². The third-order valence-electron chi connectivity index (χ3n) is 4.71. The monoisotopic (exact) mass is 491 g/mol. The van der Waals surface area contributed by atoms with Gasteiger partial charge >= 0.3 is 11.9 Å². The number of nitrogens with zero attached hydrogens (tertiary/aromatic N) is 1. The number of carbonyl (C=O) groups excluding carboxylic acids is 2. The van der Waals surface area contributed by atoms with Crippen LogP contribution in [-0.4, -0.2) is 71.0 Å². The summed E-state index contributed by atoms with van der Waals surface area (Å²) in [4.78, 5) is 29.7. The molecule has 0 bridgehead atoms. The molecule has 184 valence electrons. The van der Waals surface area contributed by atoms with Crippen molar-refractivity contribution >= 4 is 34.5 Å². The Morgan fingerprint density at radius 1 is 0.941 bits per heavy atom. The number of thiophene rings is 1. The van der Waals surface area contributed by atoms with Crippen molar-refractivity contribution in [3.8, 4) is 11.5 Å². The average Bonchev–Trinajstić information content (AvgIpc) is 3.15. The van der Waals surface area contributed by atoms with Gasteiger partial charge in [0.05, 0.1) is 39.6 Å². The highest BCUT2D eigenvalue weighted by Gasteiger charge is 2.26. The summed E-state index contributed by atoms with van der Waals surface area (Å²) >= 11 is 1.09. The molecule has 2 aromatic rings. The molecule has 0 fully saturated rings. The van der Waals surface area contributed by atoms with Gasteiger partial charge in [-0.15, -0.1) is 11.3 Å². The summed E-state index contributed by atoms with van der Waals surface area (Å²) in [5, 5.41) is 0.370. The Kier molecular flexibility index (Phi) is 9.87. The Morgan fingerprint density at radius 2 is 1.56 bits per heavy atom. The Balaban J connectivity index is 1.88. The number of carbonyl (C=O) groups is 2. The Labute approximate surface area is 202 Å². The second kappa shape index (κ2) is 13.1. The topological polar surface area (TPSA) is 102 Å². The van der Waals surface area contributed by atoms with Crippen LogP contribution in [0.15, 0.2) is 23.2 Å². The molecular formula is C24H29NO8S. The summed E-state index contributed by atoms with van der Waals surface area (Å²) in [7, 11) is 0. The molecule has 9 nitrogen and oxygen atoms in total. The largest absolute Gasteiger partial charge is 0.487 e. The fourth-order valence-corrected chi connectivity index (χ4v) is 4.17. The second-order valence-corrected chi connectivity index (χ2v) is 8.06. The van der Waals surface area contributed by atoms with Crippen LogP contribution in [0.4, 0.5) is 5.00 Å². The van der Waals surface area contributed by atoms with Crippen LogP contribution in [0.1, 0.15) is 45.0 Å². The number of rotatable bonds is 6. The zero-order valence-corrected chi connectivity index (χ0v) is 20.4. The summed E-state index contributed by atoms with van der Waals surface area (Å²) < 4.78 is 32.8. The number of benzene rings is 1. The van der Waals surface area contributed by atoms with Crippen molar-refractivity contribution < 1.29 is 38.0 Å². The Hall–Kier alpha value is -2.95. The third-order valence-corrected chi connectivity index (χ3v) is 5.89. The van der Waals surface area contributed by atoms with Gasteiger partial charge in [0.15, 0.2) is 11.5 Å². The number of hydrogen-bond acceptors (Lipinski definition) is 10. The summed E-state index contributed by atoms with van der Waals surface area (Å²) in [5.74, 6) is 0.113. The molecule has 1 aromatic carbocycles. The molecule has 1 aliphatic heterocycles. The predicted octanol–water partition coefficient (Wildman–Crippen LogP) is 3.96. The molecule has 3 rings (SSSR count). The average molecular weight is 492 g/mol. The lowest BCUT2D eigenvalue weighted by atomic mass is 10.1. The molecule has 2 heterocycles. The SMILES string of the molecule is CCOC(=O)c1sc(N=Cc2ccc3c(c2)OCCOCCOCCO3)c(C(=O)OCC)c1C. The van der Waals surface area contributed by atoms with Crippen molar-refractivity contribution in [2.75, 3.05) is 52.9 Å². The van der Waals surface area contributed by atoms with E-state index in [0.29, 0.717) is 66.6 Å². The Bertz CT molecular complexity index is 1020. The first-order valence-electron chi connectivity index (χ1n) is 11.1. The van der Waals surface area contributed by atoms with Crippen molar-refractivity contribution in [2.45, 2.75) is 20.8 Å². The number of hydrogen-bond donors (Lipinski definition) is 0. The summed E-state index contributed by atoms with van der Waals surface area (Å²) in [5.41, 5.74) is 1.48. The molecular weight excluding hydrogens is 462 g/mol. The minimum Gasteiger partial charge on any atom is -0.487 e. The van der Waals surface area contributed by atoms with Crippen molar-refractivity contribution in [2.24, 2.45) is 4.99 Å². The van der Waals surface area contributed by atoms with E-state index in [0.717, 1.165) is 16.9 Å². The zero-order valence-electron chi connectivity index (χ0n) is 19.6. The molecule has 0 saturated heterocycles. The number of aliphatic imine (C=N–C) groups is 1. The van der Waals surface area contributed by atoms with Crippen LogP contribution in [0.3, 0.4) is 0 Å². The first-order valence-corrected chi connectivity index (χ1v) is 11.9. The number of ether oxygens (including phenoxy) is 6. The van der Waals surface area contributed by atoms with Gasteiger partial charge in [0.1, 0.15) is 28.7 Å². The summed E-state index contributed by atoms with van der Waals surface area (Å²) in [6.07, 6.45) is 1.60. The lowest BCUT2D eigenvalue weighted by molar-refractivity contribution is 0.0223. The molecule has 0 unspecified atom stereocenters. The number of esters is 2. The van der Waals surface area contributed by atoms with Gasteiger partial charge in [0, 0.05) is 6.21 Å². The summed E-state index contributed by atoms with van der Waals surface area (Å²) in [6.45, 7) is 8.21. The molecule has 0 atom stereocenters. The third kappa shape index (κ3) is 6.78. The first kappa shape index (κ1) is 25.7. The van der Waals surface area contributed by atoms with Gasteiger partial charge in [0.2, 0.25) is 0 Å². The van der Waals surface area contributed by atoms with E-state index in [2.05, 4.69) is 4.99 Å². The van der Waals surface area contributed by atoms with Crippen molar-refractivity contribution in [1.29, 1.82) is 0 Å². The van der Waals surface area contributed by atoms with Gasteiger partial charge < -0.3 is 28.4 Å².